The summed E-state index contributed by atoms with van der Waals surface area (Å²) in [5.41, 5.74) is 5.36. The Hall–Kier alpha value is -0.240. The SMILES string of the molecule is CC(C)O[C@@H]1OC(CN)[C@@H](O)C(O)C1O. The van der Waals surface area contributed by atoms with E-state index in [0.29, 0.717) is 0 Å². The van der Waals surface area contributed by atoms with Crippen LogP contribution in [0, 0.1) is 0 Å². The van der Waals surface area contributed by atoms with Crippen molar-refractivity contribution < 1.29 is 24.8 Å². The zero-order chi connectivity index (χ0) is 11.6. The molecule has 3 unspecified atom stereocenters. The molecule has 5 atom stereocenters. The molecule has 1 aliphatic heterocycles. The monoisotopic (exact) mass is 221 g/mol. The van der Waals surface area contributed by atoms with Crippen molar-refractivity contribution >= 4 is 0 Å². The van der Waals surface area contributed by atoms with E-state index in [2.05, 4.69) is 0 Å². The van der Waals surface area contributed by atoms with Crippen molar-refractivity contribution in [2.45, 2.75) is 50.7 Å². The zero-order valence-corrected chi connectivity index (χ0v) is 8.91. The normalized spacial score (nSPS) is 42.2. The highest BCUT2D eigenvalue weighted by Crippen LogP contribution is 2.22. The first-order valence-electron chi connectivity index (χ1n) is 5.02. The molecule has 1 saturated heterocycles. The fraction of sp³-hybridized carbons (Fsp3) is 1.00. The Morgan fingerprint density at radius 2 is 1.80 bits per heavy atom. The molecular formula is C9H19NO5. The van der Waals surface area contributed by atoms with Gasteiger partial charge in [0.2, 0.25) is 0 Å². The zero-order valence-electron chi connectivity index (χ0n) is 8.91. The number of hydrogen-bond acceptors (Lipinski definition) is 6. The molecule has 0 saturated carbocycles. The summed E-state index contributed by atoms with van der Waals surface area (Å²) in [7, 11) is 0. The molecule has 6 nitrogen and oxygen atoms in total. The Morgan fingerprint density at radius 3 is 2.27 bits per heavy atom. The lowest BCUT2D eigenvalue weighted by atomic mass is 9.99. The van der Waals surface area contributed by atoms with Gasteiger partial charge in [-0.25, -0.2) is 0 Å². The number of aliphatic hydroxyl groups excluding tert-OH is 3. The van der Waals surface area contributed by atoms with Gasteiger partial charge in [-0.1, -0.05) is 0 Å². The molecule has 1 heterocycles. The Balaban J connectivity index is 2.65. The largest absolute Gasteiger partial charge is 0.388 e. The van der Waals surface area contributed by atoms with Gasteiger partial charge in [0.15, 0.2) is 6.29 Å². The average Bonchev–Trinajstić information content (AvgIpc) is 2.18. The molecule has 0 aromatic rings. The Kier molecular flexibility index (Phi) is 4.45. The van der Waals surface area contributed by atoms with E-state index >= 15 is 0 Å². The Morgan fingerprint density at radius 1 is 1.20 bits per heavy atom. The maximum atomic E-state index is 9.57. The smallest absolute Gasteiger partial charge is 0.186 e. The molecule has 1 rings (SSSR count). The van der Waals surface area contributed by atoms with Crippen molar-refractivity contribution in [3.63, 3.8) is 0 Å². The second-order valence-electron chi connectivity index (χ2n) is 3.94. The Bertz CT molecular complexity index is 199. The van der Waals surface area contributed by atoms with Crippen LogP contribution in [-0.4, -0.2) is 58.7 Å². The average molecular weight is 221 g/mol. The number of nitrogens with two attached hydrogens (primary N) is 1. The minimum atomic E-state index is -1.30. The quantitative estimate of drug-likeness (QED) is 0.447. The van der Waals surface area contributed by atoms with Crippen LogP contribution >= 0.6 is 0 Å². The summed E-state index contributed by atoms with van der Waals surface area (Å²) in [4.78, 5) is 0. The highest BCUT2D eigenvalue weighted by Gasteiger charge is 2.43. The van der Waals surface area contributed by atoms with Crippen LogP contribution in [0.15, 0.2) is 0 Å². The maximum Gasteiger partial charge on any atom is 0.186 e. The molecular weight excluding hydrogens is 202 g/mol. The summed E-state index contributed by atoms with van der Waals surface area (Å²) in [5.74, 6) is 0. The first-order chi connectivity index (χ1) is 6.97. The second-order valence-corrected chi connectivity index (χ2v) is 3.94. The maximum absolute atomic E-state index is 9.57. The number of aliphatic hydroxyl groups is 3. The molecule has 90 valence electrons. The highest BCUT2D eigenvalue weighted by molar-refractivity contribution is 4.89. The third-order valence-electron chi connectivity index (χ3n) is 2.31. The van der Waals surface area contributed by atoms with Gasteiger partial charge in [-0.3, -0.25) is 0 Å². The summed E-state index contributed by atoms with van der Waals surface area (Å²) < 4.78 is 10.5. The van der Waals surface area contributed by atoms with Crippen LogP contribution in [0.5, 0.6) is 0 Å². The second kappa shape index (κ2) is 5.20. The summed E-state index contributed by atoms with van der Waals surface area (Å²) in [6, 6.07) is 0. The lowest BCUT2D eigenvalue weighted by Gasteiger charge is -2.40. The molecule has 6 heteroatoms. The van der Waals surface area contributed by atoms with Crippen LogP contribution in [0.4, 0.5) is 0 Å². The molecule has 0 spiro atoms. The van der Waals surface area contributed by atoms with Gasteiger partial charge in [-0.2, -0.15) is 0 Å². The van der Waals surface area contributed by atoms with E-state index in [0.717, 1.165) is 0 Å². The summed E-state index contributed by atoms with van der Waals surface area (Å²) >= 11 is 0. The van der Waals surface area contributed by atoms with Crippen molar-refractivity contribution in [2.24, 2.45) is 5.73 Å². The third-order valence-corrected chi connectivity index (χ3v) is 2.31. The van der Waals surface area contributed by atoms with Gasteiger partial charge >= 0.3 is 0 Å². The molecule has 0 radical (unpaired) electrons. The van der Waals surface area contributed by atoms with Gasteiger partial charge in [-0.05, 0) is 13.8 Å². The minimum Gasteiger partial charge on any atom is -0.388 e. The van der Waals surface area contributed by atoms with E-state index < -0.39 is 30.7 Å². The molecule has 1 aliphatic rings. The van der Waals surface area contributed by atoms with Gasteiger partial charge in [0.25, 0.3) is 0 Å². The first kappa shape index (κ1) is 12.8. The van der Waals surface area contributed by atoms with Gasteiger partial charge in [0, 0.05) is 6.54 Å². The number of ether oxygens (including phenoxy) is 2. The van der Waals surface area contributed by atoms with Crippen molar-refractivity contribution in [1.82, 2.24) is 0 Å². The predicted molar refractivity (Wildman–Crippen MR) is 52.0 cm³/mol. The molecule has 15 heavy (non-hydrogen) atoms. The molecule has 0 aromatic heterocycles. The summed E-state index contributed by atoms with van der Waals surface area (Å²) in [6.45, 7) is 3.62. The van der Waals surface area contributed by atoms with E-state index in [4.69, 9.17) is 15.2 Å². The molecule has 0 amide bonds. The van der Waals surface area contributed by atoms with Crippen LogP contribution in [0.1, 0.15) is 13.8 Å². The third kappa shape index (κ3) is 2.87. The van der Waals surface area contributed by atoms with Crippen LogP contribution in [0.25, 0.3) is 0 Å². The molecule has 1 fully saturated rings. The van der Waals surface area contributed by atoms with Crippen molar-refractivity contribution in [1.29, 1.82) is 0 Å². The summed E-state index contributed by atoms with van der Waals surface area (Å²) in [6.07, 6.45) is -5.55. The molecule has 0 bridgehead atoms. The predicted octanol–water partition coefficient (Wildman–Crippen LogP) is -1.82. The van der Waals surface area contributed by atoms with E-state index in [1.807, 2.05) is 0 Å². The van der Waals surface area contributed by atoms with Crippen LogP contribution in [0.2, 0.25) is 0 Å². The van der Waals surface area contributed by atoms with Gasteiger partial charge < -0.3 is 30.5 Å². The summed E-state index contributed by atoms with van der Waals surface area (Å²) in [5, 5.41) is 28.6. The van der Waals surface area contributed by atoms with E-state index in [9.17, 15) is 15.3 Å². The Labute approximate surface area is 88.6 Å². The van der Waals surface area contributed by atoms with Crippen molar-refractivity contribution in [2.75, 3.05) is 6.54 Å². The topological polar surface area (TPSA) is 105 Å². The van der Waals surface area contributed by atoms with Crippen molar-refractivity contribution in [3.8, 4) is 0 Å². The van der Waals surface area contributed by atoms with Gasteiger partial charge in [0.05, 0.1) is 6.10 Å². The lowest BCUT2D eigenvalue weighted by molar-refractivity contribution is -0.302. The lowest BCUT2D eigenvalue weighted by Crippen LogP contribution is -2.60. The van der Waals surface area contributed by atoms with Crippen LogP contribution in [-0.2, 0) is 9.47 Å². The van der Waals surface area contributed by atoms with Crippen molar-refractivity contribution in [3.05, 3.63) is 0 Å². The highest BCUT2D eigenvalue weighted by atomic mass is 16.7. The standard InChI is InChI=1S/C9H19NO5/c1-4(2)14-9-8(13)7(12)6(11)5(3-10)15-9/h4-9,11-13H,3,10H2,1-2H3/t5?,6-,7?,8?,9-/m1/s1. The minimum absolute atomic E-state index is 0.0584. The fourth-order valence-electron chi connectivity index (χ4n) is 1.49. The van der Waals surface area contributed by atoms with Crippen LogP contribution < -0.4 is 5.73 Å². The molecule has 0 aromatic carbocycles. The van der Waals surface area contributed by atoms with E-state index in [-0.39, 0.29) is 12.6 Å². The fourth-order valence-corrected chi connectivity index (χ4v) is 1.49. The van der Waals surface area contributed by atoms with Gasteiger partial charge in [-0.15, -0.1) is 0 Å². The number of hydrogen-bond donors (Lipinski definition) is 4. The van der Waals surface area contributed by atoms with Gasteiger partial charge in [0.1, 0.15) is 24.4 Å². The van der Waals surface area contributed by atoms with E-state index in [1.54, 1.807) is 13.8 Å². The number of rotatable bonds is 3. The first-order valence-corrected chi connectivity index (χ1v) is 5.02. The molecule has 5 N–H and O–H groups in total. The van der Waals surface area contributed by atoms with E-state index in [1.165, 1.54) is 0 Å². The van der Waals surface area contributed by atoms with Crippen LogP contribution in [0.3, 0.4) is 0 Å². The molecule has 0 aliphatic carbocycles.